The molecule has 0 amide bonds. The van der Waals surface area contributed by atoms with E-state index in [-0.39, 0.29) is 44.9 Å². The summed E-state index contributed by atoms with van der Waals surface area (Å²) >= 11 is 0. The number of aryl methyl sites for hydroxylation is 2. The Morgan fingerprint density at radius 3 is 1.85 bits per heavy atom. The summed E-state index contributed by atoms with van der Waals surface area (Å²) < 4.78 is 0. The first-order valence-electron chi connectivity index (χ1n) is 19.9. The van der Waals surface area contributed by atoms with E-state index >= 15 is 0 Å². The minimum absolute atomic E-state index is 0.0465. The van der Waals surface area contributed by atoms with Crippen molar-refractivity contribution in [3.63, 3.8) is 0 Å². The highest BCUT2D eigenvalue weighted by atomic mass is 16.3. The van der Waals surface area contributed by atoms with Gasteiger partial charge in [-0.1, -0.05) is 64.3 Å². The van der Waals surface area contributed by atoms with Crippen molar-refractivity contribution in [2.75, 3.05) is 0 Å². The largest absolute Gasteiger partial charge is 0.507 e. The van der Waals surface area contributed by atoms with E-state index in [0.717, 1.165) is 30.4 Å². The number of phenols is 4. The van der Waals surface area contributed by atoms with E-state index in [0.29, 0.717) is 22.2 Å². The van der Waals surface area contributed by atoms with E-state index in [9.17, 15) is 35.1 Å². The molecule has 0 radical (unpaired) electrons. The fourth-order valence-electron chi connectivity index (χ4n) is 12.2. The molecular formula is C46H62O7. The Bertz CT molecular complexity index is 1850. The van der Waals surface area contributed by atoms with Crippen molar-refractivity contribution in [1.29, 1.82) is 0 Å². The van der Waals surface area contributed by atoms with Crippen LogP contribution in [-0.2, 0) is 0 Å². The van der Waals surface area contributed by atoms with E-state index in [1.807, 2.05) is 11.1 Å². The van der Waals surface area contributed by atoms with Gasteiger partial charge in [-0.25, -0.2) is 0 Å². The first-order valence-corrected chi connectivity index (χ1v) is 19.9. The molecule has 0 saturated heterocycles. The number of allylic oxidation sites excluding steroid dienone is 4. The Balaban J connectivity index is 0.000000192. The molecule has 2 aromatic carbocycles. The number of carbonyl (C=O) groups is 2. The lowest BCUT2D eigenvalue weighted by molar-refractivity contribution is -0.0962. The van der Waals surface area contributed by atoms with Gasteiger partial charge in [0.25, 0.3) is 0 Å². The lowest BCUT2D eigenvalue weighted by Crippen LogP contribution is -2.55. The van der Waals surface area contributed by atoms with Gasteiger partial charge < -0.3 is 25.5 Å². The van der Waals surface area contributed by atoms with Gasteiger partial charge in [-0.05, 0) is 155 Å². The summed E-state index contributed by atoms with van der Waals surface area (Å²) in [6, 6.07) is 2.33. The maximum absolute atomic E-state index is 12.6. The van der Waals surface area contributed by atoms with Crippen LogP contribution in [0.5, 0.6) is 23.0 Å². The molecule has 2 saturated carbocycles. The number of aromatic hydroxyl groups is 4. The third kappa shape index (κ3) is 5.77. The number of rotatable bonds is 4. The second kappa shape index (κ2) is 13.3. The van der Waals surface area contributed by atoms with Crippen LogP contribution in [0.3, 0.4) is 0 Å². The van der Waals surface area contributed by atoms with Crippen LogP contribution in [0.15, 0.2) is 34.9 Å². The lowest BCUT2D eigenvalue weighted by atomic mass is 9.43. The summed E-state index contributed by atoms with van der Waals surface area (Å²) in [7, 11) is 0. The number of carbonyl (C=O) groups excluding carboxylic acids is 2. The third-order valence-corrected chi connectivity index (χ3v) is 15.5. The molecular weight excluding hydrogens is 664 g/mol. The molecule has 2 fully saturated rings. The topological polar surface area (TPSA) is 135 Å². The second-order valence-corrected chi connectivity index (χ2v) is 18.9. The normalized spacial score (nSPS) is 31.6. The van der Waals surface area contributed by atoms with Gasteiger partial charge in [0.1, 0.15) is 23.0 Å². The Kier molecular flexibility index (Phi) is 9.83. The maximum Gasteiger partial charge on any atom is 0.202 e. The zero-order chi connectivity index (χ0) is 39.2. The highest BCUT2D eigenvalue weighted by molar-refractivity contribution is 6.32. The van der Waals surface area contributed by atoms with Crippen molar-refractivity contribution in [2.24, 2.45) is 39.4 Å². The summed E-state index contributed by atoms with van der Waals surface area (Å²) in [6.45, 7) is 22.6. The minimum atomic E-state index is -0.825. The quantitative estimate of drug-likeness (QED) is 0.133. The van der Waals surface area contributed by atoms with Crippen LogP contribution >= 0.6 is 0 Å². The molecule has 7 nitrogen and oxygen atoms in total. The molecule has 53 heavy (non-hydrogen) atoms. The highest BCUT2D eigenvalue weighted by Gasteiger charge is 2.63. The molecule has 0 bridgehead atoms. The summed E-state index contributed by atoms with van der Waals surface area (Å²) in [6.07, 6.45) is 15.2. The van der Waals surface area contributed by atoms with Gasteiger partial charge in [0.15, 0.2) is 0 Å². The number of benzene rings is 2. The molecule has 2 aromatic rings. The number of fused-ring (bicyclic) bond motifs is 6. The van der Waals surface area contributed by atoms with Crippen LogP contribution in [0, 0.1) is 53.3 Å². The van der Waals surface area contributed by atoms with Crippen LogP contribution in [0.25, 0.3) is 0 Å². The van der Waals surface area contributed by atoms with Gasteiger partial charge >= 0.3 is 0 Å². The number of phenolic OH excluding ortho intramolecular Hbond substituents is 4. The number of aliphatic hydroxyl groups is 1. The first-order chi connectivity index (χ1) is 24.6. The molecule has 7 heteroatoms. The summed E-state index contributed by atoms with van der Waals surface area (Å²) in [5.41, 5.74) is 5.36. The predicted molar refractivity (Wildman–Crippen MR) is 209 cm³/mol. The Morgan fingerprint density at radius 2 is 1.32 bits per heavy atom. The summed E-state index contributed by atoms with van der Waals surface area (Å²) in [5.74, 6) is -1.12. The summed E-state index contributed by atoms with van der Waals surface area (Å²) in [4.78, 5) is 25.1. The van der Waals surface area contributed by atoms with Gasteiger partial charge in [0, 0.05) is 0 Å². The van der Waals surface area contributed by atoms with Crippen molar-refractivity contribution in [2.45, 2.75) is 140 Å². The van der Waals surface area contributed by atoms with Gasteiger partial charge in [-0.2, -0.15) is 0 Å². The Hall–Kier alpha value is -3.58. The molecule has 288 valence electrons. The van der Waals surface area contributed by atoms with Gasteiger partial charge in [0.2, 0.25) is 11.6 Å². The number of hydrogen-bond acceptors (Lipinski definition) is 7. The third-order valence-electron chi connectivity index (χ3n) is 15.5. The smallest absolute Gasteiger partial charge is 0.202 e. The predicted octanol–water partition coefficient (Wildman–Crippen LogP) is 10.4. The Morgan fingerprint density at radius 1 is 0.774 bits per heavy atom. The Labute approximate surface area is 316 Å². The molecule has 5 aliphatic rings. The van der Waals surface area contributed by atoms with Crippen molar-refractivity contribution in [3.8, 4) is 23.0 Å². The molecule has 5 aliphatic carbocycles. The molecule has 5 N–H and O–H groups in total. The van der Waals surface area contributed by atoms with Crippen LogP contribution in [0.1, 0.15) is 163 Å². The summed E-state index contributed by atoms with van der Waals surface area (Å²) in [5, 5.41) is 50.9. The van der Waals surface area contributed by atoms with E-state index in [2.05, 4.69) is 61.5 Å². The van der Waals surface area contributed by atoms with Gasteiger partial charge in [0.05, 0.1) is 28.4 Å². The lowest BCUT2D eigenvalue weighted by Gasteiger charge is -2.62. The molecule has 0 aliphatic heterocycles. The van der Waals surface area contributed by atoms with Crippen molar-refractivity contribution in [1.82, 2.24) is 0 Å². The molecule has 0 heterocycles. The first kappa shape index (κ1) is 39.1. The van der Waals surface area contributed by atoms with Crippen molar-refractivity contribution in [3.05, 3.63) is 68.3 Å². The maximum atomic E-state index is 12.6. The molecule has 7 unspecified atom stereocenters. The number of aliphatic hydroxyl groups excluding tert-OH is 1. The van der Waals surface area contributed by atoms with Gasteiger partial charge in [-0.15, -0.1) is 0 Å². The van der Waals surface area contributed by atoms with E-state index in [4.69, 9.17) is 0 Å². The van der Waals surface area contributed by atoms with Crippen LogP contribution in [0.2, 0.25) is 0 Å². The zero-order valence-electron chi connectivity index (χ0n) is 33.7. The fourth-order valence-corrected chi connectivity index (χ4v) is 12.2. The highest BCUT2D eigenvalue weighted by Crippen LogP contribution is 2.72. The molecule has 7 atom stereocenters. The zero-order valence-corrected chi connectivity index (χ0v) is 33.7. The fraction of sp³-hybridized carbons (Fsp3) is 0.609. The van der Waals surface area contributed by atoms with E-state index in [1.165, 1.54) is 77.2 Å². The van der Waals surface area contributed by atoms with Gasteiger partial charge in [-0.3, -0.25) is 9.59 Å². The molecule has 0 aromatic heterocycles. The van der Waals surface area contributed by atoms with E-state index in [1.54, 1.807) is 0 Å². The molecule has 0 spiro atoms. The van der Waals surface area contributed by atoms with Crippen molar-refractivity contribution < 1.29 is 35.1 Å². The van der Waals surface area contributed by atoms with Crippen LogP contribution in [0.4, 0.5) is 0 Å². The average molecular weight is 727 g/mol. The number of ketones is 2. The second-order valence-electron chi connectivity index (χ2n) is 18.9. The number of hydrogen-bond donors (Lipinski definition) is 5. The van der Waals surface area contributed by atoms with Crippen molar-refractivity contribution >= 4 is 11.6 Å². The van der Waals surface area contributed by atoms with E-state index < -0.39 is 34.6 Å². The monoisotopic (exact) mass is 726 g/mol. The van der Waals surface area contributed by atoms with Crippen LogP contribution in [-0.4, -0.2) is 43.2 Å². The molecule has 7 rings (SSSR count). The standard InChI is InChI=1S/C30H50O.C16H12O6/c1-20(2)10-9-11-21(3)22-14-18-30(8)24-12-13-25-27(4,5)26(31)16-17-28(25,6)23(24)15-19-29(22,30)7;1-5-3-7(17)9-11(13(5)19)15(21)10-8(18)4-6(2)14(20)12(10)16(9)22/h10,21-22,25-26,31H,9,11-19H2,1-8H3;3-4,17-20H,1-2H3. The van der Waals surface area contributed by atoms with Crippen LogP contribution < -0.4 is 0 Å². The SMILES string of the molecule is CC(C)=CCCC(C)C1CCC2(C)C3=C(CCC12C)C1(C)CCC(O)C(C)(C)C1CC3.Cc1cc(O)c2c(c1O)C(=O)c1c(O)cc(C)c(O)c1C2=O. The average Bonchev–Trinajstić information content (AvgIpc) is 3.36. The minimum Gasteiger partial charge on any atom is -0.507 e.